The van der Waals surface area contributed by atoms with E-state index in [0.29, 0.717) is 29.7 Å². The van der Waals surface area contributed by atoms with E-state index in [1.165, 1.54) is 12.1 Å². The van der Waals surface area contributed by atoms with Crippen LogP contribution in [-0.4, -0.2) is 50.7 Å². The summed E-state index contributed by atoms with van der Waals surface area (Å²) in [4.78, 5) is 16.1. The van der Waals surface area contributed by atoms with Gasteiger partial charge in [-0.25, -0.2) is 0 Å². The molecule has 3 heterocycles. The molecule has 2 atom stereocenters. The molecule has 4 aromatic rings. The number of benzene rings is 2. The van der Waals surface area contributed by atoms with Gasteiger partial charge in [-0.15, -0.1) is 0 Å². The summed E-state index contributed by atoms with van der Waals surface area (Å²) in [7, 11) is 0. The predicted molar refractivity (Wildman–Crippen MR) is 141 cm³/mol. The minimum Gasteiger partial charge on any atom is -0.491 e. The lowest BCUT2D eigenvalue weighted by atomic mass is 9.74. The number of halogens is 3. The lowest BCUT2D eigenvalue weighted by Crippen LogP contribution is -2.50. The molecule has 1 saturated carbocycles. The maximum Gasteiger partial charge on any atom is 0.422 e. The van der Waals surface area contributed by atoms with E-state index in [9.17, 15) is 28.2 Å². The third-order valence-electron chi connectivity index (χ3n) is 8.00. The van der Waals surface area contributed by atoms with Crippen LogP contribution < -0.4 is 10.1 Å². The third kappa shape index (κ3) is 5.13. The first kappa shape index (κ1) is 27.9. The Kier molecular flexibility index (Phi) is 7.23. The zero-order valence-electron chi connectivity index (χ0n) is 22.2. The van der Waals surface area contributed by atoms with E-state index in [2.05, 4.69) is 20.6 Å². The van der Waals surface area contributed by atoms with Gasteiger partial charge in [-0.05, 0) is 18.9 Å². The minimum absolute atomic E-state index is 0.0161. The number of aromatic nitrogens is 3. The van der Waals surface area contributed by atoms with E-state index < -0.39 is 52.6 Å². The van der Waals surface area contributed by atoms with Crippen molar-refractivity contribution in [3.63, 3.8) is 0 Å². The van der Waals surface area contributed by atoms with Gasteiger partial charge in [-0.2, -0.15) is 18.2 Å². The molecule has 3 N–H and O–H groups in total. The van der Waals surface area contributed by atoms with Crippen LogP contribution in [0.4, 0.5) is 13.2 Å². The molecule has 220 valence electrons. The number of carbonyl (C=O) groups is 1. The number of aliphatic hydroxyl groups is 1. The van der Waals surface area contributed by atoms with E-state index in [-0.39, 0.29) is 24.5 Å². The average Bonchev–Trinajstić information content (AvgIpc) is 3.66. The fourth-order valence-electron chi connectivity index (χ4n) is 5.65. The molecular formula is C29H27F3N4O6. The Labute approximate surface area is 237 Å². The summed E-state index contributed by atoms with van der Waals surface area (Å²) < 4.78 is 58.2. The fourth-order valence-corrected chi connectivity index (χ4v) is 5.65. The lowest BCUT2D eigenvalue weighted by molar-refractivity contribution is -0.151. The first-order chi connectivity index (χ1) is 20.2. The summed E-state index contributed by atoms with van der Waals surface area (Å²) >= 11 is 0. The molecule has 0 spiro atoms. The highest BCUT2D eigenvalue weighted by Gasteiger charge is 2.43. The quantitative estimate of drug-likeness (QED) is 0.255. The van der Waals surface area contributed by atoms with Gasteiger partial charge in [0.25, 0.3) is 5.89 Å². The van der Waals surface area contributed by atoms with E-state index in [4.69, 9.17) is 13.8 Å². The zero-order chi connectivity index (χ0) is 29.5. The van der Waals surface area contributed by atoms with Gasteiger partial charge in [0.1, 0.15) is 29.7 Å². The van der Waals surface area contributed by atoms with E-state index in [0.717, 1.165) is 19.3 Å². The number of nitrogens with zero attached hydrogens (tertiary/aromatic N) is 3. The Morgan fingerprint density at radius 3 is 2.50 bits per heavy atom. The molecule has 1 aliphatic heterocycles. The number of hydrogen-bond acceptors (Lipinski definition) is 9. The van der Waals surface area contributed by atoms with Crippen LogP contribution in [0.1, 0.15) is 49.3 Å². The number of carboxylic acid groups (broad SMARTS) is 1. The van der Waals surface area contributed by atoms with Crippen LogP contribution in [-0.2, 0) is 11.0 Å². The Bertz CT molecular complexity index is 1580. The average molecular weight is 585 g/mol. The van der Waals surface area contributed by atoms with Crippen LogP contribution in [0.2, 0.25) is 0 Å². The van der Waals surface area contributed by atoms with Crippen LogP contribution >= 0.6 is 0 Å². The molecular weight excluding hydrogens is 557 g/mol. The van der Waals surface area contributed by atoms with Crippen molar-refractivity contribution in [2.75, 3.05) is 13.2 Å². The van der Waals surface area contributed by atoms with Crippen molar-refractivity contribution < 1.29 is 42.0 Å². The first-order valence-electron chi connectivity index (χ1n) is 13.5. The Morgan fingerprint density at radius 2 is 1.79 bits per heavy atom. The van der Waals surface area contributed by atoms with Crippen LogP contribution in [0.25, 0.3) is 34.3 Å². The van der Waals surface area contributed by atoms with Crippen LogP contribution in [0, 0.1) is 5.41 Å². The molecule has 0 amide bonds. The molecule has 2 aromatic carbocycles. The number of fused-ring (bicyclic) bond motifs is 1. The van der Waals surface area contributed by atoms with Crippen molar-refractivity contribution in [3.05, 3.63) is 59.7 Å². The third-order valence-corrected chi connectivity index (χ3v) is 8.00. The minimum atomic E-state index is -4.81. The molecule has 10 nitrogen and oxygen atoms in total. The normalized spacial score (nSPS) is 20.1. The van der Waals surface area contributed by atoms with Crippen molar-refractivity contribution >= 4 is 5.97 Å². The van der Waals surface area contributed by atoms with Crippen molar-refractivity contribution in [1.29, 1.82) is 0 Å². The number of hydrogen-bond donors (Lipinski definition) is 3. The van der Waals surface area contributed by atoms with Gasteiger partial charge in [0.15, 0.2) is 0 Å². The largest absolute Gasteiger partial charge is 0.491 e. The summed E-state index contributed by atoms with van der Waals surface area (Å²) in [5.41, 5.74) is -1.32. The summed E-state index contributed by atoms with van der Waals surface area (Å²) in [6, 6.07) is 12.0. The molecule has 13 heteroatoms. The molecule has 2 aromatic heterocycles. The van der Waals surface area contributed by atoms with E-state index >= 15 is 0 Å². The number of aliphatic carboxylic acids is 1. The molecule has 42 heavy (non-hydrogen) atoms. The molecule has 6 rings (SSSR count). The standard InChI is InChI=1S/C29H27F3N4O6/c30-29(31,32)21-22(16-7-3-1-4-8-16)35-41-24(21)26-34-25(36-42-26)17-9-10-18-20(13-17)40-14-19(23(18)37)33-15-28(27(38)39)11-5-2-6-12-28/h1,3-4,7-10,13,19,23,33,37H,2,5-6,11-12,14-15H2,(H,38,39)/t19-,23-/m1/s1. The summed E-state index contributed by atoms with van der Waals surface area (Å²) in [6.45, 7) is 0.306. The molecule has 0 unspecified atom stereocenters. The highest BCUT2D eigenvalue weighted by Crippen LogP contribution is 2.43. The smallest absolute Gasteiger partial charge is 0.422 e. The maximum atomic E-state index is 14.1. The van der Waals surface area contributed by atoms with E-state index in [1.54, 1.807) is 36.4 Å². The Balaban J connectivity index is 1.22. The van der Waals surface area contributed by atoms with E-state index in [1.807, 2.05) is 0 Å². The number of carboxylic acids is 1. The summed E-state index contributed by atoms with van der Waals surface area (Å²) in [6.07, 6.45) is -1.91. The van der Waals surface area contributed by atoms with Crippen molar-refractivity contribution in [1.82, 2.24) is 20.6 Å². The molecule has 0 bridgehead atoms. The number of alkyl halides is 3. The van der Waals surface area contributed by atoms with Gasteiger partial charge in [0, 0.05) is 23.2 Å². The number of aliphatic hydroxyl groups excluding tert-OH is 1. The van der Waals surface area contributed by atoms with Gasteiger partial charge in [0.2, 0.25) is 11.6 Å². The second kappa shape index (κ2) is 10.9. The number of ether oxygens (including phenoxy) is 1. The SMILES string of the molecule is O=C(O)C1(CN[C@@H]2COc3cc(-c4noc(-c5onc(-c6ccccc6)c5C(F)(F)F)n4)ccc3[C@H]2O)CCCCC1. The highest BCUT2D eigenvalue weighted by atomic mass is 19.4. The van der Waals surface area contributed by atoms with Crippen molar-refractivity contribution in [2.45, 2.75) is 50.4 Å². The summed E-state index contributed by atoms with van der Waals surface area (Å²) in [5, 5.41) is 31.5. The molecule has 2 aliphatic rings. The Hall–Kier alpha value is -4.23. The lowest BCUT2D eigenvalue weighted by Gasteiger charge is -2.37. The second-order valence-corrected chi connectivity index (χ2v) is 10.7. The number of rotatable bonds is 7. The molecule has 1 fully saturated rings. The first-order valence-corrected chi connectivity index (χ1v) is 13.5. The predicted octanol–water partition coefficient (Wildman–Crippen LogP) is 5.50. The summed E-state index contributed by atoms with van der Waals surface area (Å²) in [5.74, 6) is -1.70. The van der Waals surface area contributed by atoms with Crippen molar-refractivity contribution in [2.24, 2.45) is 5.41 Å². The second-order valence-electron chi connectivity index (χ2n) is 10.7. The van der Waals surface area contributed by atoms with Crippen LogP contribution in [0.5, 0.6) is 5.75 Å². The van der Waals surface area contributed by atoms with Gasteiger partial charge < -0.3 is 29.3 Å². The monoisotopic (exact) mass is 584 g/mol. The van der Waals surface area contributed by atoms with Crippen molar-refractivity contribution in [3.8, 4) is 40.0 Å². The zero-order valence-corrected chi connectivity index (χ0v) is 22.2. The molecule has 0 saturated heterocycles. The topological polar surface area (TPSA) is 144 Å². The van der Waals surface area contributed by atoms with Gasteiger partial charge >= 0.3 is 12.1 Å². The van der Waals surface area contributed by atoms with Gasteiger partial charge in [0.05, 0.1) is 11.5 Å². The highest BCUT2D eigenvalue weighted by molar-refractivity contribution is 5.75. The maximum absolute atomic E-state index is 14.1. The van der Waals surface area contributed by atoms with Gasteiger partial charge in [-0.3, -0.25) is 4.79 Å². The van der Waals surface area contributed by atoms with Crippen LogP contribution in [0.15, 0.2) is 57.6 Å². The Morgan fingerprint density at radius 1 is 1.02 bits per heavy atom. The number of nitrogens with one attached hydrogen (secondary N) is 1. The van der Waals surface area contributed by atoms with Crippen LogP contribution in [0.3, 0.4) is 0 Å². The fraction of sp³-hybridized carbons (Fsp3) is 0.379. The van der Waals surface area contributed by atoms with Gasteiger partial charge in [-0.1, -0.05) is 72.0 Å². The molecule has 1 aliphatic carbocycles. The molecule has 0 radical (unpaired) electrons.